The number of hydrogen-bond acceptors (Lipinski definition) is 2. The van der Waals surface area contributed by atoms with Crippen molar-refractivity contribution in [2.45, 2.75) is 69.5 Å². The van der Waals surface area contributed by atoms with Gasteiger partial charge in [-0.15, -0.1) is 5.73 Å². The number of rotatable bonds is 1. The summed E-state index contributed by atoms with van der Waals surface area (Å²) in [5, 5.41) is 20.1. The predicted molar refractivity (Wildman–Crippen MR) is 64.1 cm³/mol. The van der Waals surface area contributed by atoms with Crippen molar-refractivity contribution in [2.24, 2.45) is 0 Å². The third-order valence-corrected chi connectivity index (χ3v) is 3.82. The molecule has 0 aliphatic heterocycles. The molecular weight excluding hydrogens is 200 g/mol. The number of aliphatic hydroxyl groups excluding tert-OH is 1. The summed E-state index contributed by atoms with van der Waals surface area (Å²) in [5.74, 6) is 0. The Morgan fingerprint density at radius 2 is 1.88 bits per heavy atom. The Kier molecular flexibility index (Phi) is 3.86. The lowest BCUT2D eigenvalue weighted by Crippen LogP contribution is -2.28. The summed E-state index contributed by atoms with van der Waals surface area (Å²) in [7, 11) is 0. The van der Waals surface area contributed by atoms with Crippen LogP contribution in [0.4, 0.5) is 0 Å². The molecule has 0 aromatic rings. The Morgan fingerprint density at radius 1 is 1.12 bits per heavy atom. The fourth-order valence-electron chi connectivity index (χ4n) is 2.70. The minimum absolute atomic E-state index is 0.322. The van der Waals surface area contributed by atoms with E-state index >= 15 is 0 Å². The topological polar surface area (TPSA) is 40.5 Å². The maximum absolute atomic E-state index is 10.3. The van der Waals surface area contributed by atoms with Crippen LogP contribution < -0.4 is 0 Å². The summed E-state index contributed by atoms with van der Waals surface area (Å²) < 4.78 is 0. The standard InChI is InChI=1S/C14H22O2/c15-13-7-3-2-6-12(13)8-11-14(16)9-4-1-5-10-14/h11,13,15-16H,1-7,9-10H2/t8?,13-/m0/s1. The SMILES string of the molecule is O[C@H]1CCCCC1=C=CC1(O)CCCCC1. The highest BCUT2D eigenvalue weighted by molar-refractivity contribution is 5.13. The van der Waals surface area contributed by atoms with Crippen LogP contribution in [0.2, 0.25) is 0 Å². The molecule has 2 aliphatic carbocycles. The molecule has 0 bridgehead atoms. The van der Waals surface area contributed by atoms with E-state index in [9.17, 15) is 10.2 Å². The molecule has 2 rings (SSSR count). The minimum atomic E-state index is -0.650. The average molecular weight is 222 g/mol. The van der Waals surface area contributed by atoms with Crippen LogP contribution in [0.1, 0.15) is 57.8 Å². The van der Waals surface area contributed by atoms with Gasteiger partial charge >= 0.3 is 0 Å². The summed E-state index contributed by atoms with van der Waals surface area (Å²) in [6.07, 6.45) is 10.7. The van der Waals surface area contributed by atoms with E-state index in [1.165, 1.54) is 6.42 Å². The zero-order valence-corrected chi connectivity index (χ0v) is 9.91. The lowest BCUT2D eigenvalue weighted by Gasteiger charge is -2.28. The molecule has 16 heavy (non-hydrogen) atoms. The van der Waals surface area contributed by atoms with E-state index in [1.54, 1.807) is 0 Å². The average Bonchev–Trinajstić information content (AvgIpc) is 2.29. The molecule has 2 heteroatoms. The van der Waals surface area contributed by atoms with Crippen molar-refractivity contribution >= 4 is 0 Å². The van der Waals surface area contributed by atoms with Gasteiger partial charge in [0.1, 0.15) is 0 Å². The van der Waals surface area contributed by atoms with Crippen LogP contribution in [0.3, 0.4) is 0 Å². The first-order chi connectivity index (χ1) is 7.70. The van der Waals surface area contributed by atoms with E-state index in [0.29, 0.717) is 0 Å². The third-order valence-electron chi connectivity index (χ3n) is 3.82. The second-order valence-corrected chi connectivity index (χ2v) is 5.24. The van der Waals surface area contributed by atoms with Gasteiger partial charge in [0.2, 0.25) is 0 Å². The minimum Gasteiger partial charge on any atom is -0.388 e. The Morgan fingerprint density at radius 3 is 2.56 bits per heavy atom. The molecule has 2 aliphatic rings. The van der Waals surface area contributed by atoms with Crippen LogP contribution in [0.5, 0.6) is 0 Å². The normalized spacial score (nSPS) is 29.6. The van der Waals surface area contributed by atoms with Crippen molar-refractivity contribution in [1.82, 2.24) is 0 Å². The van der Waals surface area contributed by atoms with Crippen LogP contribution in [0, 0.1) is 0 Å². The largest absolute Gasteiger partial charge is 0.388 e. The van der Waals surface area contributed by atoms with Crippen molar-refractivity contribution in [3.8, 4) is 0 Å². The highest BCUT2D eigenvalue weighted by Crippen LogP contribution is 2.29. The first-order valence-electron chi connectivity index (χ1n) is 6.57. The van der Waals surface area contributed by atoms with Crippen molar-refractivity contribution in [3.63, 3.8) is 0 Å². The highest BCUT2D eigenvalue weighted by atomic mass is 16.3. The van der Waals surface area contributed by atoms with Crippen molar-refractivity contribution in [3.05, 3.63) is 17.4 Å². The molecular formula is C14H22O2. The van der Waals surface area contributed by atoms with Gasteiger partial charge < -0.3 is 10.2 Å². The lowest BCUT2D eigenvalue weighted by molar-refractivity contribution is 0.0514. The van der Waals surface area contributed by atoms with E-state index in [0.717, 1.165) is 56.9 Å². The smallest absolute Gasteiger partial charge is 0.0901 e. The Hall–Kier alpha value is -0.560. The lowest BCUT2D eigenvalue weighted by atomic mass is 9.84. The maximum atomic E-state index is 10.3. The van der Waals surface area contributed by atoms with E-state index in [1.807, 2.05) is 6.08 Å². The third kappa shape index (κ3) is 2.98. The predicted octanol–water partition coefficient (Wildman–Crippen LogP) is 2.70. The van der Waals surface area contributed by atoms with Gasteiger partial charge in [-0.1, -0.05) is 25.7 Å². The summed E-state index contributed by atoms with van der Waals surface area (Å²) in [5.41, 5.74) is 3.51. The number of hydrogen-bond donors (Lipinski definition) is 2. The summed E-state index contributed by atoms with van der Waals surface area (Å²) in [4.78, 5) is 0. The number of aliphatic hydroxyl groups is 2. The van der Waals surface area contributed by atoms with E-state index < -0.39 is 5.60 Å². The van der Waals surface area contributed by atoms with Crippen LogP contribution in [-0.4, -0.2) is 21.9 Å². The molecule has 2 saturated carbocycles. The maximum Gasteiger partial charge on any atom is 0.0901 e. The molecule has 0 aromatic heterocycles. The molecule has 2 nitrogen and oxygen atoms in total. The van der Waals surface area contributed by atoms with Crippen molar-refractivity contribution in [2.75, 3.05) is 0 Å². The fourth-order valence-corrected chi connectivity index (χ4v) is 2.70. The second-order valence-electron chi connectivity index (χ2n) is 5.24. The van der Waals surface area contributed by atoms with Crippen LogP contribution in [-0.2, 0) is 0 Å². The summed E-state index contributed by atoms with van der Waals surface area (Å²) >= 11 is 0. The van der Waals surface area contributed by atoms with Gasteiger partial charge in [-0.2, -0.15) is 0 Å². The van der Waals surface area contributed by atoms with Crippen LogP contribution in [0.15, 0.2) is 17.4 Å². The molecule has 0 aromatic carbocycles. The quantitative estimate of drug-likeness (QED) is 0.670. The first kappa shape index (κ1) is 11.9. The van der Waals surface area contributed by atoms with E-state index in [-0.39, 0.29) is 6.10 Å². The zero-order chi connectivity index (χ0) is 11.4. The van der Waals surface area contributed by atoms with Gasteiger partial charge in [0.25, 0.3) is 0 Å². The fraction of sp³-hybridized carbons (Fsp3) is 0.786. The first-order valence-corrected chi connectivity index (χ1v) is 6.57. The summed E-state index contributed by atoms with van der Waals surface area (Å²) in [6, 6.07) is 0. The van der Waals surface area contributed by atoms with Gasteiger partial charge in [0, 0.05) is 0 Å². The molecule has 0 radical (unpaired) electrons. The molecule has 90 valence electrons. The van der Waals surface area contributed by atoms with Crippen LogP contribution >= 0.6 is 0 Å². The summed E-state index contributed by atoms with van der Waals surface area (Å²) in [6.45, 7) is 0. The monoisotopic (exact) mass is 222 g/mol. The highest BCUT2D eigenvalue weighted by Gasteiger charge is 2.26. The molecule has 0 unspecified atom stereocenters. The second kappa shape index (κ2) is 5.18. The molecule has 1 atom stereocenters. The molecule has 0 heterocycles. The molecule has 2 fully saturated rings. The molecule has 2 N–H and O–H groups in total. The zero-order valence-electron chi connectivity index (χ0n) is 9.91. The Labute approximate surface area is 97.7 Å². The van der Waals surface area contributed by atoms with Gasteiger partial charge in [-0.3, -0.25) is 0 Å². The van der Waals surface area contributed by atoms with Crippen molar-refractivity contribution in [1.29, 1.82) is 0 Å². The van der Waals surface area contributed by atoms with Gasteiger partial charge in [0.15, 0.2) is 0 Å². The van der Waals surface area contributed by atoms with Crippen molar-refractivity contribution < 1.29 is 10.2 Å². The van der Waals surface area contributed by atoms with E-state index in [2.05, 4.69) is 5.73 Å². The molecule has 0 spiro atoms. The van der Waals surface area contributed by atoms with Gasteiger partial charge in [-0.25, -0.2) is 0 Å². The Balaban J connectivity index is 2.07. The Bertz CT molecular complexity index is 294. The van der Waals surface area contributed by atoms with E-state index in [4.69, 9.17) is 0 Å². The van der Waals surface area contributed by atoms with Gasteiger partial charge in [-0.05, 0) is 43.8 Å². The molecule has 0 amide bonds. The molecule has 0 saturated heterocycles. The van der Waals surface area contributed by atoms with Crippen LogP contribution in [0.25, 0.3) is 0 Å². The van der Waals surface area contributed by atoms with Gasteiger partial charge in [0.05, 0.1) is 11.7 Å².